The average Bonchev–Trinajstić information content (AvgIpc) is 2.49. The monoisotopic (exact) mass is 290 g/mol. The third-order valence-corrected chi connectivity index (χ3v) is 4.50. The summed E-state index contributed by atoms with van der Waals surface area (Å²) < 4.78 is 4.97. The molecule has 1 unspecified atom stereocenters. The van der Waals surface area contributed by atoms with Gasteiger partial charge in [0.1, 0.15) is 0 Å². The molecule has 1 aromatic rings. The summed E-state index contributed by atoms with van der Waals surface area (Å²) in [6.45, 7) is 4.51. The Kier molecular flexibility index (Phi) is 5.37. The van der Waals surface area contributed by atoms with Gasteiger partial charge in [-0.2, -0.15) is 0 Å². The minimum absolute atomic E-state index is 0.374. The van der Waals surface area contributed by atoms with Crippen molar-refractivity contribution in [2.75, 3.05) is 26.7 Å². The highest BCUT2D eigenvalue weighted by atomic mass is 16.5. The molecular weight excluding hydrogens is 264 g/mol. The maximum Gasteiger partial charge on any atom is 0.331 e. The van der Waals surface area contributed by atoms with Crippen LogP contribution in [-0.2, 0) is 15.1 Å². The molecule has 1 saturated carbocycles. The Bertz CT molecular complexity index is 459. The van der Waals surface area contributed by atoms with E-state index in [-0.39, 0.29) is 5.97 Å². The highest BCUT2D eigenvalue weighted by Crippen LogP contribution is 2.28. The van der Waals surface area contributed by atoms with Gasteiger partial charge in [0.25, 0.3) is 0 Å². The normalized spacial score (nSPS) is 18.1. The average molecular weight is 290 g/mol. The number of benzene rings is 1. The molecule has 1 aliphatic rings. The fourth-order valence-electron chi connectivity index (χ4n) is 2.89. The molecule has 0 aliphatic heterocycles. The van der Waals surface area contributed by atoms with Crippen molar-refractivity contribution in [3.63, 3.8) is 0 Å². The fraction of sp³-hybridized carbons (Fsp3) is 0.588. The number of ether oxygens (including phenoxy) is 1. The number of nitrogens with zero attached hydrogens (tertiary/aromatic N) is 1. The minimum atomic E-state index is -1.10. The van der Waals surface area contributed by atoms with Crippen LogP contribution in [0, 0.1) is 5.92 Å². The van der Waals surface area contributed by atoms with E-state index >= 15 is 0 Å². The summed E-state index contributed by atoms with van der Waals surface area (Å²) in [5.74, 6) is 0.378. The van der Waals surface area contributed by atoms with Crippen LogP contribution in [0.3, 0.4) is 0 Å². The zero-order chi connectivity index (χ0) is 15.3. The van der Waals surface area contributed by atoms with E-state index in [0.717, 1.165) is 24.6 Å². The van der Waals surface area contributed by atoms with Gasteiger partial charge in [0.2, 0.25) is 0 Å². The van der Waals surface area contributed by atoms with Gasteiger partial charge < -0.3 is 15.4 Å². The Balaban J connectivity index is 2.16. The van der Waals surface area contributed by atoms with Crippen LogP contribution in [0.25, 0.3) is 0 Å². The van der Waals surface area contributed by atoms with Crippen LogP contribution in [0.2, 0.25) is 0 Å². The molecule has 0 aromatic heterocycles. The lowest BCUT2D eigenvalue weighted by molar-refractivity contribution is -0.148. The lowest BCUT2D eigenvalue weighted by Gasteiger charge is -2.37. The topological polar surface area (TPSA) is 55.6 Å². The summed E-state index contributed by atoms with van der Waals surface area (Å²) in [5.41, 5.74) is 6.18. The van der Waals surface area contributed by atoms with Crippen molar-refractivity contribution in [3.8, 4) is 0 Å². The molecule has 2 rings (SSSR count). The Morgan fingerprint density at radius 2 is 2.05 bits per heavy atom. The van der Waals surface area contributed by atoms with E-state index in [9.17, 15) is 4.79 Å². The molecule has 21 heavy (non-hydrogen) atoms. The van der Waals surface area contributed by atoms with Crippen LogP contribution in [0.5, 0.6) is 0 Å². The van der Waals surface area contributed by atoms with Crippen LogP contribution >= 0.6 is 0 Å². The second-order valence-electron chi connectivity index (χ2n) is 5.95. The molecule has 1 fully saturated rings. The van der Waals surface area contributed by atoms with Crippen molar-refractivity contribution < 1.29 is 9.53 Å². The molecule has 0 saturated heterocycles. The van der Waals surface area contributed by atoms with Gasteiger partial charge in [-0.3, -0.25) is 0 Å². The maximum absolute atomic E-state index is 12.3. The molecule has 116 valence electrons. The number of likely N-dealkylation sites (N-methyl/N-ethyl adjacent to an activating group) is 1. The van der Waals surface area contributed by atoms with Crippen LogP contribution < -0.4 is 5.73 Å². The second-order valence-corrected chi connectivity index (χ2v) is 5.95. The second kappa shape index (κ2) is 7.05. The van der Waals surface area contributed by atoms with E-state index in [1.54, 1.807) is 0 Å². The number of esters is 1. The van der Waals surface area contributed by atoms with Crippen LogP contribution in [0.4, 0.5) is 0 Å². The minimum Gasteiger partial charge on any atom is -0.467 e. The van der Waals surface area contributed by atoms with Crippen LogP contribution in [0.1, 0.15) is 31.7 Å². The molecule has 4 nitrogen and oxygen atoms in total. The van der Waals surface area contributed by atoms with E-state index in [1.165, 1.54) is 26.4 Å². The number of methoxy groups -OCH3 is 1. The number of hydrogen-bond acceptors (Lipinski definition) is 4. The summed E-state index contributed by atoms with van der Waals surface area (Å²) in [7, 11) is 1.40. The van der Waals surface area contributed by atoms with Crippen LogP contribution in [-0.4, -0.2) is 37.6 Å². The largest absolute Gasteiger partial charge is 0.467 e. The third kappa shape index (κ3) is 3.63. The first kappa shape index (κ1) is 16.0. The quantitative estimate of drug-likeness (QED) is 0.782. The zero-order valence-corrected chi connectivity index (χ0v) is 13.0. The molecule has 1 aromatic carbocycles. The van der Waals surface area contributed by atoms with Crippen molar-refractivity contribution in [2.45, 2.75) is 31.7 Å². The van der Waals surface area contributed by atoms with E-state index in [0.29, 0.717) is 6.54 Å². The Hall–Kier alpha value is -1.39. The summed E-state index contributed by atoms with van der Waals surface area (Å²) in [5, 5.41) is 0. The lowest BCUT2D eigenvalue weighted by atomic mass is 9.84. The highest BCUT2D eigenvalue weighted by molar-refractivity contribution is 5.82. The number of rotatable bonds is 7. The first-order valence-electron chi connectivity index (χ1n) is 7.75. The van der Waals surface area contributed by atoms with E-state index in [2.05, 4.69) is 11.8 Å². The summed E-state index contributed by atoms with van der Waals surface area (Å²) >= 11 is 0. The van der Waals surface area contributed by atoms with Gasteiger partial charge in [0.15, 0.2) is 5.54 Å². The van der Waals surface area contributed by atoms with Crippen molar-refractivity contribution in [3.05, 3.63) is 35.9 Å². The molecule has 1 atom stereocenters. The molecule has 0 bridgehead atoms. The number of nitrogens with two attached hydrogens (primary N) is 1. The van der Waals surface area contributed by atoms with Gasteiger partial charge in [0, 0.05) is 13.1 Å². The third-order valence-electron chi connectivity index (χ3n) is 4.50. The van der Waals surface area contributed by atoms with E-state index in [1.807, 2.05) is 30.3 Å². The smallest absolute Gasteiger partial charge is 0.331 e. The Morgan fingerprint density at radius 3 is 2.52 bits per heavy atom. The Morgan fingerprint density at radius 1 is 1.38 bits per heavy atom. The molecule has 0 heterocycles. The van der Waals surface area contributed by atoms with Crippen LogP contribution in [0.15, 0.2) is 30.3 Å². The molecule has 4 heteroatoms. The number of hydrogen-bond donors (Lipinski definition) is 1. The SMILES string of the molecule is CCN(CC1CCC1)CC(N)(C(=O)OC)c1ccccc1. The standard InChI is InChI=1S/C17H26N2O2/c1-3-19(12-14-8-7-9-14)13-17(18,16(20)21-2)15-10-5-4-6-11-15/h4-6,10-11,14H,3,7-9,12-13,18H2,1-2H3. The van der Waals surface area contributed by atoms with Crippen molar-refractivity contribution in [1.82, 2.24) is 4.90 Å². The Labute approximate surface area is 127 Å². The predicted octanol–water partition coefficient (Wildman–Crippen LogP) is 2.14. The summed E-state index contributed by atoms with van der Waals surface area (Å²) in [6, 6.07) is 9.53. The zero-order valence-electron chi connectivity index (χ0n) is 13.0. The number of carbonyl (C=O) groups is 1. The van der Waals surface area contributed by atoms with E-state index < -0.39 is 5.54 Å². The van der Waals surface area contributed by atoms with E-state index in [4.69, 9.17) is 10.5 Å². The molecular formula is C17H26N2O2. The van der Waals surface area contributed by atoms with Gasteiger partial charge in [-0.15, -0.1) is 0 Å². The molecule has 0 spiro atoms. The predicted molar refractivity (Wildman–Crippen MR) is 83.8 cm³/mol. The fourth-order valence-corrected chi connectivity index (χ4v) is 2.89. The highest BCUT2D eigenvalue weighted by Gasteiger charge is 2.39. The first-order chi connectivity index (χ1) is 10.1. The van der Waals surface area contributed by atoms with Gasteiger partial charge in [-0.05, 0) is 30.9 Å². The van der Waals surface area contributed by atoms with Crippen molar-refractivity contribution in [1.29, 1.82) is 0 Å². The number of carbonyl (C=O) groups excluding carboxylic acids is 1. The summed E-state index contributed by atoms with van der Waals surface area (Å²) in [4.78, 5) is 14.6. The molecule has 2 N–H and O–H groups in total. The maximum atomic E-state index is 12.3. The van der Waals surface area contributed by atoms with Gasteiger partial charge in [0.05, 0.1) is 7.11 Å². The van der Waals surface area contributed by atoms with Gasteiger partial charge in [-0.1, -0.05) is 43.7 Å². The molecule has 1 aliphatic carbocycles. The summed E-state index contributed by atoms with van der Waals surface area (Å²) in [6.07, 6.45) is 3.90. The van der Waals surface area contributed by atoms with Crippen molar-refractivity contribution >= 4 is 5.97 Å². The lowest BCUT2D eigenvalue weighted by Crippen LogP contribution is -2.54. The first-order valence-corrected chi connectivity index (χ1v) is 7.75. The van der Waals surface area contributed by atoms with Crippen molar-refractivity contribution in [2.24, 2.45) is 11.7 Å². The molecule has 0 radical (unpaired) electrons. The molecule has 0 amide bonds. The van der Waals surface area contributed by atoms with Gasteiger partial charge in [-0.25, -0.2) is 4.79 Å². The van der Waals surface area contributed by atoms with Gasteiger partial charge >= 0.3 is 5.97 Å².